The second kappa shape index (κ2) is 6.59. The van der Waals surface area contributed by atoms with Crippen LogP contribution in [0.25, 0.3) is 11.4 Å². The summed E-state index contributed by atoms with van der Waals surface area (Å²) in [5, 5.41) is 0. The first-order valence-electron chi connectivity index (χ1n) is 10.3. The summed E-state index contributed by atoms with van der Waals surface area (Å²) >= 11 is 0. The van der Waals surface area contributed by atoms with Crippen LogP contribution in [0.5, 0.6) is 0 Å². The van der Waals surface area contributed by atoms with Crippen molar-refractivity contribution in [1.29, 1.82) is 0 Å². The zero-order valence-electron chi connectivity index (χ0n) is 17.1. The normalized spacial score (nSPS) is 23.7. The highest BCUT2D eigenvalue weighted by Crippen LogP contribution is 2.46. The van der Waals surface area contributed by atoms with E-state index < -0.39 is 0 Å². The molecule has 1 atom stereocenters. The lowest BCUT2D eigenvalue weighted by molar-refractivity contribution is 0.332. The molecule has 1 saturated heterocycles. The van der Waals surface area contributed by atoms with Crippen molar-refractivity contribution >= 4 is 5.82 Å². The summed E-state index contributed by atoms with van der Waals surface area (Å²) in [6, 6.07) is 8.80. The summed E-state index contributed by atoms with van der Waals surface area (Å²) in [5.74, 6) is 1.75. The van der Waals surface area contributed by atoms with Crippen LogP contribution in [0.4, 0.5) is 5.82 Å². The molecule has 1 aliphatic heterocycles. The second-order valence-electron chi connectivity index (χ2n) is 9.52. The van der Waals surface area contributed by atoms with Crippen molar-refractivity contribution in [3.8, 4) is 11.4 Å². The first-order valence-corrected chi connectivity index (χ1v) is 10.3. The molecule has 2 aromatic rings. The molecular weight excluding hydrogens is 332 g/mol. The monoisotopic (exact) mass is 364 g/mol. The van der Waals surface area contributed by atoms with Crippen molar-refractivity contribution in [2.75, 3.05) is 11.4 Å². The van der Waals surface area contributed by atoms with Crippen molar-refractivity contribution < 1.29 is 0 Å². The number of piperidine rings is 1. The van der Waals surface area contributed by atoms with Gasteiger partial charge in [-0.1, -0.05) is 39.8 Å². The molecule has 4 heteroatoms. The van der Waals surface area contributed by atoms with Gasteiger partial charge in [-0.15, -0.1) is 0 Å². The van der Waals surface area contributed by atoms with Crippen LogP contribution < -0.4 is 10.6 Å². The van der Waals surface area contributed by atoms with Crippen LogP contribution in [0.3, 0.4) is 0 Å². The lowest BCUT2D eigenvalue weighted by Crippen LogP contribution is -2.46. The Bertz CT molecular complexity index is 840. The van der Waals surface area contributed by atoms with Gasteiger partial charge in [0, 0.05) is 18.3 Å². The van der Waals surface area contributed by atoms with E-state index >= 15 is 0 Å². The molecule has 0 radical (unpaired) electrons. The Kier molecular flexibility index (Phi) is 4.50. The molecule has 1 unspecified atom stereocenters. The van der Waals surface area contributed by atoms with Gasteiger partial charge in [-0.05, 0) is 66.2 Å². The number of benzene rings is 1. The van der Waals surface area contributed by atoms with Crippen molar-refractivity contribution in [2.24, 2.45) is 5.73 Å². The van der Waals surface area contributed by atoms with Crippen LogP contribution in [-0.2, 0) is 10.8 Å². The lowest BCUT2D eigenvalue weighted by atomic mass is 9.63. The number of anilines is 1. The van der Waals surface area contributed by atoms with Crippen molar-refractivity contribution in [3.63, 3.8) is 0 Å². The summed E-state index contributed by atoms with van der Waals surface area (Å²) in [6.07, 6.45) is 7.77. The molecule has 4 rings (SSSR count). The van der Waals surface area contributed by atoms with Crippen LogP contribution in [-0.4, -0.2) is 22.7 Å². The first-order chi connectivity index (χ1) is 12.8. The summed E-state index contributed by atoms with van der Waals surface area (Å²) < 4.78 is 0. The molecular formula is C23H32N4. The Hall–Kier alpha value is -1.94. The molecule has 0 spiro atoms. The minimum Gasteiger partial charge on any atom is -0.341 e. The molecule has 1 aromatic heterocycles. The highest BCUT2D eigenvalue weighted by molar-refractivity contribution is 5.61. The van der Waals surface area contributed by atoms with Crippen LogP contribution in [0.2, 0.25) is 0 Å². The maximum atomic E-state index is 6.32. The second-order valence-corrected chi connectivity index (χ2v) is 9.52. The highest BCUT2D eigenvalue weighted by Gasteiger charge is 2.37. The third kappa shape index (κ3) is 3.36. The maximum Gasteiger partial charge on any atom is 0.161 e. The van der Waals surface area contributed by atoms with Gasteiger partial charge in [0.15, 0.2) is 5.82 Å². The Morgan fingerprint density at radius 3 is 2.48 bits per heavy atom. The van der Waals surface area contributed by atoms with E-state index in [1.807, 2.05) is 12.3 Å². The lowest BCUT2D eigenvalue weighted by Gasteiger charge is -2.42. The van der Waals surface area contributed by atoms with Gasteiger partial charge in [-0.2, -0.15) is 0 Å². The van der Waals surface area contributed by atoms with Crippen LogP contribution in [0.1, 0.15) is 70.9 Å². The van der Waals surface area contributed by atoms with Gasteiger partial charge in [0.05, 0.1) is 6.17 Å². The Balaban J connectivity index is 1.74. The highest BCUT2D eigenvalue weighted by atomic mass is 15.3. The van der Waals surface area contributed by atoms with Crippen molar-refractivity contribution in [2.45, 2.75) is 76.8 Å². The van der Waals surface area contributed by atoms with E-state index in [1.165, 1.54) is 36.8 Å². The molecule has 2 N–H and O–H groups in total. The van der Waals surface area contributed by atoms with Crippen LogP contribution >= 0.6 is 0 Å². The SMILES string of the molecule is CC1(C)CCC(C)(C)c2cc(-c3nccc(N4CCCCC4N)n3)ccc21. The third-order valence-electron chi connectivity index (χ3n) is 6.60. The topological polar surface area (TPSA) is 55.0 Å². The molecule has 1 aromatic carbocycles. The third-order valence-corrected chi connectivity index (χ3v) is 6.60. The standard InChI is InChI=1S/C23H32N4/c1-22(2)11-12-23(3,4)18-15-16(8-9-17(18)22)21-25-13-10-20(26-21)27-14-6-5-7-19(27)24/h8-10,13,15,19H,5-7,11-12,14,24H2,1-4H3. The van der Waals surface area contributed by atoms with Crippen LogP contribution in [0.15, 0.2) is 30.5 Å². The van der Waals surface area contributed by atoms with E-state index in [4.69, 9.17) is 10.7 Å². The van der Waals surface area contributed by atoms with E-state index in [1.54, 1.807) is 0 Å². The number of hydrogen-bond donors (Lipinski definition) is 1. The van der Waals surface area contributed by atoms with E-state index in [0.717, 1.165) is 30.2 Å². The molecule has 2 aliphatic rings. The van der Waals surface area contributed by atoms with Gasteiger partial charge >= 0.3 is 0 Å². The van der Waals surface area contributed by atoms with Gasteiger partial charge in [-0.3, -0.25) is 0 Å². The van der Waals surface area contributed by atoms with E-state index in [-0.39, 0.29) is 17.0 Å². The van der Waals surface area contributed by atoms with Gasteiger partial charge in [-0.25, -0.2) is 9.97 Å². The fourth-order valence-electron chi connectivity index (χ4n) is 4.62. The quantitative estimate of drug-likeness (QED) is 0.834. The van der Waals surface area contributed by atoms with E-state index in [0.29, 0.717) is 0 Å². The van der Waals surface area contributed by atoms with Gasteiger partial charge in [0.2, 0.25) is 0 Å². The average Bonchev–Trinajstić information content (AvgIpc) is 2.66. The molecule has 144 valence electrons. The van der Waals surface area contributed by atoms with E-state index in [2.05, 4.69) is 55.8 Å². The smallest absolute Gasteiger partial charge is 0.161 e. The zero-order valence-corrected chi connectivity index (χ0v) is 17.1. The molecule has 4 nitrogen and oxygen atoms in total. The fourth-order valence-corrected chi connectivity index (χ4v) is 4.62. The maximum absolute atomic E-state index is 6.32. The first kappa shape index (κ1) is 18.4. The van der Waals surface area contributed by atoms with E-state index in [9.17, 15) is 0 Å². The number of nitrogens with zero attached hydrogens (tertiary/aromatic N) is 3. The molecule has 27 heavy (non-hydrogen) atoms. The zero-order chi connectivity index (χ0) is 19.2. The molecule has 0 saturated carbocycles. The number of nitrogens with two attached hydrogens (primary N) is 1. The number of rotatable bonds is 2. The Labute approximate surface area is 163 Å². The predicted molar refractivity (Wildman–Crippen MR) is 112 cm³/mol. The van der Waals surface area contributed by atoms with Crippen molar-refractivity contribution in [1.82, 2.24) is 9.97 Å². The van der Waals surface area contributed by atoms with Crippen LogP contribution in [0, 0.1) is 0 Å². The fraction of sp³-hybridized carbons (Fsp3) is 0.565. The predicted octanol–water partition coefficient (Wildman–Crippen LogP) is 4.77. The van der Waals surface area contributed by atoms with Gasteiger partial charge < -0.3 is 10.6 Å². The minimum absolute atomic E-state index is 0.0600. The minimum atomic E-state index is 0.0600. The Morgan fingerprint density at radius 1 is 1.00 bits per heavy atom. The largest absolute Gasteiger partial charge is 0.341 e. The summed E-state index contributed by atoms with van der Waals surface area (Å²) in [7, 11) is 0. The Morgan fingerprint density at radius 2 is 1.74 bits per heavy atom. The van der Waals surface area contributed by atoms with Gasteiger partial charge in [0.25, 0.3) is 0 Å². The molecule has 2 heterocycles. The summed E-state index contributed by atoms with van der Waals surface area (Å²) in [5.41, 5.74) is 10.8. The van der Waals surface area contributed by atoms with Gasteiger partial charge in [0.1, 0.15) is 5.82 Å². The molecule has 0 amide bonds. The molecule has 1 aliphatic carbocycles. The summed E-state index contributed by atoms with van der Waals surface area (Å²) in [6.45, 7) is 10.4. The van der Waals surface area contributed by atoms with Crippen molar-refractivity contribution in [3.05, 3.63) is 41.6 Å². The molecule has 0 bridgehead atoms. The average molecular weight is 365 g/mol. The number of aromatic nitrogens is 2. The number of fused-ring (bicyclic) bond motifs is 1. The molecule has 1 fully saturated rings. The number of hydrogen-bond acceptors (Lipinski definition) is 4. The summed E-state index contributed by atoms with van der Waals surface area (Å²) in [4.78, 5) is 11.7.